The van der Waals surface area contributed by atoms with Crippen LogP contribution in [0.25, 0.3) is 0 Å². The quantitative estimate of drug-likeness (QED) is 0.626. The van der Waals surface area contributed by atoms with Crippen LogP contribution >= 0.6 is 0 Å². The van der Waals surface area contributed by atoms with Gasteiger partial charge in [-0.15, -0.1) is 0 Å². The zero-order valence-electron chi connectivity index (χ0n) is 16.0. The van der Waals surface area contributed by atoms with Crippen LogP contribution in [-0.2, 0) is 9.84 Å². The Balaban J connectivity index is 1.67. The molecule has 10 heteroatoms. The Morgan fingerprint density at radius 2 is 1.81 bits per heavy atom. The predicted molar refractivity (Wildman–Crippen MR) is 109 cm³/mol. The highest BCUT2D eigenvalue weighted by atomic mass is 32.2. The third-order valence-electron chi connectivity index (χ3n) is 4.62. The first kappa shape index (κ1) is 20.4. The Bertz CT molecular complexity index is 1360. The smallest absolute Gasteiger partial charge is 0.274 e. The number of aromatic nitrogens is 1. The highest BCUT2D eigenvalue weighted by Crippen LogP contribution is 2.34. The fraction of sp³-hybridized carbons (Fsp3) is 0.0476. The molecule has 2 heterocycles. The van der Waals surface area contributed by atoms with Gasteiger partial charge >= 0.3 is 0 Å². The molecular weight excluding hydrogens is 425 g/mol. The third-order valence-corrected chi connectivity index (χ3v) is 5.76. The lowest BCUT2D eigenvalue weighted by molar-refractivity contribution is 0.0922. The highest BCUT2D eigenvalue weighted by Gasteiger charge is 2.41. The molecule has 2 aromatic carbocycles. The summed E-state index contributed by atoms with van der Waals surface area (Å²) in [5.74, 6) is -3.29. The number of amides is 3. The van der Waals surface area contributed by atoms with Crippen LogP contribution in [0.4, 0.5) is 15.8 Å². The lowest BCUT2D eigenvalue weighted by Crippen LogP contribution is -2.30. The van der Waals surface area contributed by atoms with Gasteiger partial charge in [-0.05, 0) is 42.5 Å². The Hall–Kier alpha value is -3.92. The Morgan fingerprint density at radius 3 is 2.45 bits per heavy atom. The number of hydrogen-bond acceptors (Lipinski definition) is 6. The van der Waals surface area contributed by atoms with Crippen molar-refractivity contribution in [1.82, 2.24) is 4.98 Å². The van der Waals surface area contributed by atoms with Gasteiger partial charge in [0.1, 0.15) is 11.5 Å². The minimum absolute atomic E-state index is 0.0883. The molecule has 0 saturated carbocycles. The second-order valence-electron chi connectivity index (χ2n) is 6.73. The maximum absolute atomic E-state index is 14.8. The summed E-state index contributed by atoms with van der Waals surface area (Å²) in [6.07, 6.45) is 2.36. The first-order valence-electron chi connectivity index (χ1n) is 8.92. The van der Waals surface area contributed by atoms with Gasteiger partial charge < -0.3 is 5.32 Å². The molecule has 0 unspecified atom stereocenters. The summed E-state index contributed by atoms with van der Waals surface area (Å²) < 4.78 is 38.9. The predicted octanol–water partition coefficient (Wildman–Crippen LogP) is 2.68. The van der Waals surface area contributed by atoms with Crippen LogP contribution in [0.5, 0.6) is 0 Å². The van der Waals surface area contributed by atoms with Crippen molar-refractivity contribution < 1.29 is 27.2 Å². The Labute approximate surface area is 176 Å². The number of pyridine rings is 1. The van der Waals surface area contributed by atoms with Crippen LogP contribution in [0.2, 0.25) is 0 Å². The molecule has 8 nitrogen and oxygen atoms in total. The molecular formula is C21H14FN3O5S. The van der Waals surface area contributed by atoms with Crippen LogP contribution in [0, 0.1) is 5.82 Å². The van der Waals surface area contributed by atoms with E-state index in [0.29, 0.717) is 4.90 Å². The monoisotopic (exact) mass is 439 g/mol. The molecule has 0 atom stereocenters. The molecule has 31 heavy (non-hydrogen) atoms. The van der Waals surface area contributed by atoms with Gasteiger partial charge in [-0.25, -0.2) is 17.7 Å². The molecule has 4 rings (SSSR count). The number of carbonyl (C=O) groups excluding carboxylic acids is 3. The van der Waals surface area contributed by atoms with E-state index in [4.69, 9.17) is 0 Å². The van der Waals surface area contributed by atoms with Crippen molar-refractivity contribution in [2.75, 3.05) is 16.5 Å². The molecule has 0 radical (unpaired) electrons. The van der Waals surface area contributed by atoms with Crippen molar-refractivity contribution in [2.24, 2.45) is 0 Å². The van der Waals surface area contributed by atoms with Crippen molar-refractivity contribution in [3.05, 3.63) is 83.4 Å². The van der Waals surface area contributed by atoms with Crippen molar-refractivity contribution in [3.63, 3.8) is 0 Å². The zero-order valence-corrected chi connectivity index (χ0v) is 16.8. The Kier molecular flexibility index (Phi) is 4.86. The summed E-state index contributed by atoms with van der Waals surface area (Å²) in [5.41, 5.74) is -0.561. The van der Waals surface area contributed by atoms with E-state index >= 15 is 0 Å². The first-order chi connectivity index (χ1) is 14.7. The molecule has 1 aromatic heterocycles. The normalized spacial score (nSPS) is 13.3. The maximum Gasteiger partial charge on any atom is 0.274 e. The topological polar surface area (TPSA) is 114 Å². The summed E-state index contributed by atoms with van der Waals surface area (Å²) in [6, 6.07) is 12.1. The second-order valence-corrected chi connectivity index (χ2v) is 8.72. The number of anilines is 2. The number of carbonyl (C=O) groups is 3. The van der Waals surface area contributed by atoms with E-state index in [-0.39, 0.29) is 33.1 Å². The highest BCUT2D eigenvalue weighted by molar-refractivity contribution is 7.90. The first-order valence-corrected chi connectivity index (χ1v) is 10.8. The van der Waals surface area contributed by atoms with Gasteiger partial charge in [-0.1, -0.05) is 12.1 Å². The van der Waals surface area contributed by atoms with E-state index in [9.17, 15) is 27.2 Å². The number of hydrogen-bond donors (Lipinski definition) is 1. The van der Waals surface area contributed by atoms with E-state index in [2.05, 4.69) is 10.3 Å². The SMILES string of the molecule is CS(=O)(=O)c1cccc2c1C(=O)N(c1ccc(NC(=O)c3ccccn3)cc1F)C2=O. The fourth-order valence-corrected chi connectivity index (χ4v) is 4.13. The van der Waals surface area contributed by atoms with Crippen LogP contribution in [0.3, 0.4) is 0 Å². The van der Waals surface area contributed by atoms with Crippen LogP contribution < -0.4 is 10.2 Å². The standard InChI is InChI=1S/C21H14FN3O5S/c1-31(29,30)17-7-4-5-13-18(17)21(28)25(20(13)27)16-9-8-12(11-14(16)22)24-19(26)15-6-2-3-10-23-15/h2-11H,1H3,(H,24,26). The molecule has 0 spiro atoms. The lowest BCUT2D eigenvalue weighted by atomic mass is 10.1. The summed E-state index contributed by atoms with van der Waals surface area (Å²) >= 11 is 0. The number of halogens is 1. The van der Waals surface area contributed by atoms with Crippen molar-refractivity contribution in [3.8, 4) is 0 Å². The Morgan fingerprint density at radius 1 is 1.03 bits per heavy atom. The van der Waals surface area contributed by atoms with Crippen molar-refractivity contribution >= 4 is 38.9 Å². The van der Waals surface area contributed by atoms with Gasteiger partial charge in [0.05, 0.1) is 21.7 Å². The van der Waals surface area contributed by atoms with Gasteiger partial charge in [0.2, 0.25) is 0 Å². The van der Waals surface area contributed by atoms with Gasteiger partial charge in [0.25, 0.3) is 17.7 Å². The number of sulfone groups is 1. The third kappa shape index (κ3) is 3.57. The van der Waals surface area contributed by atoms with E-state index < -0.39 is 33.4 Å². The molecule has 0 fully saturated rings. The van der Waals surface area contributed by atoms with Crippen molar-refractivity contribution in [2.45, 2.75) is 4.90 Å². The average Bonchev–Trinajstić information content (AvgIpc) is 2.99. The largest absolute Gasteiger partial charge is 0.321 e. The van der Waals surface area contributed by atoms with Gasteiger partial charge in [-0.3, -0.25) is 19.4 Å². The molecule has 0 saturated heterocycles. The van der Waals surface area contributed by atoms with Crippen LogP contribution in [-0.4, -0.2) is 37.4 Å². The second kappa shape index (κ2) is 7.40. The molecule has 3 aromatic rings. The summed E-state index contributed by atoms with van der Waals surface area (Å²) in [5, 5.41) is 2.48. The van der Waals surface area contributed by atoms with E-state index in [1.165, 1.54) is 36.5 Å². The zero-order chi connectivity index (χ0) is 22.3. The molecule has 0 bridgehead atoms. The molecule has 1 aliphatic rings. The van der Waals surface area contributed by atoms with Crippen LogP contribution in [0.1, 0.15) is 31.2 Å². The number of fused-ring (bicyclic) bond motifs is 1. The summed E-state index contributed by atoms with van der Waals surface area (Å²) in [6.45, 7) is 0. The van der Waals surface area contributed by atoms with Gasteiger partial charge in [0.15, 0.2) is 9.84 Å². The maximum atomic E-state index is 14.8. The fourth-order valence-electron chi connectivity index (χ4n) is 3.24. The van der Waals surface area contributed by atoms with Gasteiger partial charge in [0, 0.05) is 18.1 Å². The van der Waals surface area contributed by atoms with E-state index in [0.717, 1.165) is 18.4 Å². The van der Waals surface area contributed by atoms with E-state index in [1.807, 2.05) is 0 Å². The number of nitrogens with one attached hydrogen (secondary N) is 1. The minimum Gasteiger partial charge on any atom is -0.321 e. The van der Waals surface area contributed by atoms with Crippen LogP contribution in [0.15, 0.2) is 65.7 Å². The van der Waals surface area contributed by atoms with E-state index in [1.54, 1.807) is 12.1 Å². The number of nitrogens with zero attached hydrogens (tertiary/aromatic N) is 2. The molecule has 1 aliphatic heterocycles. The average molecular weight is 439 g/mol. The van der Waals surface area contributed by atoms with Crippen molar-refractivity contribution in [1.29, 1.82) is 0 Å². The lowest BCUT2D eigenvalue weighted by Gasteiger charge is -2.16. The minimum atomic E-state index is -3.79. The molecule has 0 aliphatic carbocycles. The molecule has 156 valence electrons. The number of rotatable bonds is 4. The summed E-state index contributed by atoms with van der Waals surface area (Å²) in [4.78, 5) is 42.0. The molecule has 3 amide bonds. The summed E-state index contributed by atoms with van der Waals surface area (Å²) in [7, 11) is -3.79. The number of imide groups is 1. The van der Waals surface area contributed by atoms with Gasteiger partial charge in [-0.2, -0.15) is 0 Å². The molecule has 1 N–H and O–H groups in total. The number of benzene rings is 2.